The minimum absolute atomic E-state index is 0.289. The molecule has 1 aromatic carbocycles. The maximum absolute atomic E-state index is 13.2. The molecule has 0 bridgehead atoms. The van der Waals surface area contributed by atoms with Crippen molar-refractivity contribution in [2.75, 3.05) is 5.73 Å². The molecule has 1 unspecified atom stereocenters. The Balaban J connectivity index is 2.25. The first kappa shape index (κ1) is 12.6. The number of hydrogen-bond donors (Lipinski definition) is 1. The van der Waals surface area contributed by atoms with Crippen LogP contribution >= 0.6 is 11.6 Å². The third-order valence-corrected chi connectivity index (χ3v) is 2.84. The van der Waals surface area contributed by atoms with Gasteiger partial charge in [-0.2, -0.15) is 0 Å². The standard InChI is InChI=1S/C13H12ClFN2O/c1-8(10-7-9(15)4-5-11(10)14)18-12-3-2-6-17-13(12)16/h2-8H,1H3,(H2,16,17). The lowest BCUT2D eigenvalue weighted by Gasteiger charge is -2.17. The van der Waals surface area contributed by atoms with Crippen LogP contribution in [0.3, 0.4) is 0 Å². The predicted octanol–water partition coefficient (Wildman–Crippen LogP) is 3.60. The second-order valence-electron chi connectivity index (χ2n) is 3.81. The normalized spacial score (nSPS) is 12.2. The maximum Gasteiger partial charge on any atom is 0.166 e. The number of nitrogen functional groups attached to an aromatic ring is 1. The highest BCUT2D eigenvalue weighted by Gasteiger charge is 2.13. The minimum atomic E-state index is -0.417. The smallest absolute Gasteiger partial charge is 0.166 e. The van der Waals surface area contributed by atoms with Gasteiger partial charge in [-0.3, -0.25) is 0 Å². The molecule has 3 nitrogen and oxygen atoms in total. The van der Waals surface area contributed by atoms with E-state index in [2.05, 4.69) is 4.98 Å². The summed E-state index contributed by atoms with van der Waals surface area (Å²) in [5.41, 5.74) is 6.24. The van der Waals surface area contributed by atoms with Gasteiger partial charge in [-0.15, -0.1) is 0 Å². The third-order valence-electron chi connectivity index (χ3n) is 2.50. The first-order valence-electron chi connectivity index (χ1n) is 5.40. The van der Waals surface area contributed by atoms with Crippen LogP contribution in [-0.4, -0.2) is 4.98 Å². The van der Waals surface area contributed by atoms with Crippen LogP contribution in [0.4, 0.5) is 10.2 Å². The summed E-state index contributed by atoms with van der Waals surface area (Å²) >= 11 is 6.00. The predicted molar refractivity (Wildman–Crippen MR) is 69.1 cm³/mol. The lowest BCUT2D eigenvalue weighted by molar-refractivity contribution is 0.227. The summed E-state index contributed by atoms with van der Waals surface area (Å²) in [5, 5.41) is 0.450. The Kier molecular flexibility index (Phi) is 3.67. The Hall–Kier alpha value is -1.81. The van der Waals surface area contributed by atoms with Gasteiger partial charge < -0.3 is 10.5 Å². The van der Waals surface area contributed by atoms with Crippen LogP contribution < -0.4 is 10.5 Å². The van der Waals surface area contributed by atoms with Gasteiger partial charge in [-0.05, 0) is 37.3 Å². The van der Waals surface area contributed by atoms with E-state index in [4.69, 9.17) is 22.1 Å². The molecule has 1 atom stereocenters. The second-order valence-corrected chi connectivity index (χ2v) is 4.22. The van der Waals surface area contributed by atoms with Crippen LogP contribution in [0.25, 0.3) is 0 Å². The number of nitrogens with zero attached hydrogens (tertiary/aromatic N) is 1. The van der Waals surface area contributed by atoms with Gasteiger partial charge in [0.05, 0.1) is 0 Å². The first-order valence-corrected chi connectivity index (χ1v) is 5.78. The van der Waals surface area contributed by atoms with Crippen LogP contribution in [-0.2, 0) is 0 Å². The third kappa shape index (κ3) is 2.71. The highest BCUT2D eigenvalue weighted by atomic mass is 35.5. The molecule has 94 valence electrons. The molecule has 5 heteroatoms. The number of benzene rings is 1. The SMILES string of the molecule is CC(Oc1cccnc1N)c1cc(F)ccc1Cl. The molecule has 0 aliphatic heterocycles. The lowest BCUT2D eigenvalue weighted by Crippen LogP contribution is -2.06. The topological polar surface area (TPSA) is 48.1 Å². The fraction of sp³-hybridized carbons (Fsp3) is 0.154. The van der Waals surface area contributed by atoms with E-state index >= 15 is 0 Å². The Labute approximate surface area is 109 Å². The molecule has 0 aliphatic carbocycles. The van der Waals surface area contributed by atoms with E-state index in [1.807, 2.05) is 0 Å². The van der Waals surface area contributed by atoms with E-state index in [1.54, 1.807) is 25.3 Å². The van der Waals surface area contributed by atoms with E-state index in [1.165, 1.54) is 18.2 Å². The summed E-state index contributed by atoms with van der Waals surface area (Å²) in [4.78, 5) is 3.91. The minimum Gasteiger partial charge on any atom is -0.482 e. The fourth-order valence-corrected chi connectivity index (χ4v) is 1.85. The van der Waals surface area contributed by atoms with Crippen molar-refractivity contribution in [3.8, 4) is 5.75 Å². The Bertz CT molecular complexity index is 562. The van der Waals surface area contributed by atoms with E-state index in [0.717, 1.165) is 0 Å². The van der Waals surface area contributed by atoms with Crippen molar-refractivity contribution >= 4 is 17.4 Å². The van der Waals surface area contributed by atoms with Crippen molar-refractivity contribution in [3.63, 3.8) is 0 Å². The van der Waals surface area contributed by atoms with Gasteiger partial charge in [0.25, 0.3) is 0 Å². The number of aromatic nitrogens is 1. The van der Waals surface area contributed by atoms with Crippen LogP contribution in [0.5, 0.6) is 5.75 Å². The first-order chi connectivity index (χ1) is 8.58. The summed E-state index contributed by atoms with van der Waals surface area (Å²) in [6.45, 7) is 1.77. The monoisotopic (exact) mass is 266 g/mol. The molecule has 0 aliphatic rings. The molecular formula is C13H12ClFN2O. The molecule has 0 radical (unpaired) electrons. The van der Waals surface area contributed by atoms with Gasteiger partial charge in [0, 0.05) is 16.8 Å². The zero-order valence-corrected chi connectivity index (χ0v) is 10.5. The number of halogens is 2. The second kappa shape index (κ2) is 5.23. The van der Waals surface area contributed by atoms with Gasteiger partial charge in [0.2, 0.25) is 0 Å². The van der Waals surface area contributed by atoms with Crippen molar-refractivity contribution in [1.29, 1.82) is 0 Å². The highest BCUT2D eigenvalue weighted by Crippen LogP contribution is 2.29. The summed E-state index contributed by atoms with van der Waals surface area (Å²) in [6.07, 6.45) is 1.15. The summed E-state index contributed by atoms with van der Waals surface area (Å²) in [5.74, 6) is 0.381. The molecule has 0 saturated heterocycles. The van der Waals surface area contributed by atoms with Crippen LogP contribution in [0, 0.1) is 5.82 Å². The molecule has 2 aromatic rings. The van der Waals surface area contributed by atoms with E-state index in [0.29, 0.717) is 16.3 Å². The Morgan fingerprint density at radius 2 is 2.17 bits per heavy atom. The van der Waals surface area contributed by atoms with E-state index < -0.39 is 6.10 Å². The van der Waals surface area contributed by atoms with Gasteiger partial charge >= 0.3 is 0 Å². The van der Waals surface area contributed by atoms with Crippen LogP contribution in [0.1, 0.15) is 18.6 Å². The van der Waals surface area contributed by atoms with E-state index in [9.17, 15) is 4.39 Å². The number of nitrogens with two attached hydrogens (primary N) is 1. The molecule has 2 N–H and O–H groups in total. The van der Waals surface area contributed by atoms with Crippen LogP contribution in [0.15, 0.2) is 36.5 Å². The highest BCUT2D eigenvalue weighted by molar-refractivity contribution is 6.31. The number of pyridine rings is 1. The molecule has 18 heavy (non-hydrogen) atoms. The van der Waals surface area contributed by atoms with E-state index in [-0.39, 0.29) is 11.6 Å². The van der Waals surface area contributed by atoms with Crippen molar-refractivity contribution in [3.05, 3.63) is 52.9 Å². The lowest BCUT2D eigenvalue weighted by atomic mass is 10.1. The average molecular weight is 267 g/mol. The van der Waals surface area contributed by atoms with Crippen molar-refractivity contribution in [2.45, 2.75) is 13.0 Å². The molecule has 0 spiro atoms. The van der Waals surface area contributed by atoms with Crippen LogP contribution in [0.2, 0.25) is 5.02 Å². The number of ether oxygens (including phenoxy) is 1. The fourth-order valence-electron chi connectivity index (χ4n) is 1.58. The number of rotatable bonds is 3. The molecule has 0 fully saturated rings. The molecule has 0 saturated carbocycles. The molecule has 1 aromatic heterocycles. The van der Waals surface area contributed by atoms with Gasteiger partial charge in [-0.25, -0.2) is 9.37 Å². The summed E-state index contributed by atoms with van der Waals surface area (Å²) in [6, 6.07) is 7.56. The molecule has 0 amide bonds. The number of hydrogen-bond acceptors (Lipinski definition) is 3. The largest absolute Gasteiger partial charge is 0.482 e. The number of anilines is 1. The van der Waals surface area contributed by atoms with Crippen molar-refractivity contribution in [2.24, 2.45) is 0 Å². The average Bonchev–Trinajstić information content (AvgIpc) is 2.35. The molecule has 2 rings (SSSR count). The van der Waals surface area contributed by atoms with Gasteiger partial charge in [0.1, 0.15) is 11.9 Å². The summed E-state index contributed by atoms with van der Waals surface area (Å²) < 4.78 is 18.8. The summed E-state index contributed by atoms with van der Waals surface area (Å²) in [7, 11) is 0. The molecule has 1 heterocycles. The zero-order chi connectivity index (χ0) is 13.1. The van der Waals surface area contributed by atoms with Crippen molar-refractivity contribution < 1.29 is 9.13 Å². The Morgan fingerprint density at radius 1 is 1.39 bits per heavy atom. The van der Waals surface area contributed by atoms with Gasteiger partial charge in [0.15, 0.2) is 11.6 Å². The van der Waals surface area contributed by atoms with Gasteiger partial charge in [-0.1, -0.05) is 11.6 Å². The Morgan fingerprint density at radius 3 is 2.89 bits per heavy atom. The van der Waals surface area contributed by atoms with Crippen molar-refractivity contribution in [1.82, 2.24) is 4.98 Å². The maximum atomic E-state index is 13.2. The molecular weight excluding hydrogens is 255 g/mol. The quantitative estimate of drug-likeness (QED) is 0.923. The zero-order valence-electron chi connectivity index (χ0n) is 9.73.